The number of nitrogens with one attached hydrogen (secondary N) is 1. The average Bonchev–Trinajstić information content (AvgIpc) is 3.05. The summed E-state index contributed by atoms with van der Waals surface area (Å²) in [6.45, 7) is 2.01. The average molecular weight is 286 g/mol. The largest absolute Gasteiger partial charge is 0.349 e. The minimum absolute atomic E-state index is 0.139. The van der Waals surface area contributed by atoms with Crippen molar-refractivity contribution in [2.75, 3.05) is 0 Å². The number of benzene rings is 1. The van der Waals surface area contributed by atoms with Gasteiger partial charge < -0.3 is 5.32 Å². The summed E-state index contributed by atoms with van der Waals surface area (Å²) in [5, 5.41) is 2.92. The monoisotopic (exact) mass is 285 g/mol. The van der Waals surface area contributed by atoms with Gasteiger partial charge in [-0.15, -0.1) is 0 Å². The predicted molar refractivity (Wildman–Crippen MR) is 63.8 cm³/mol. The van der Waals surface area contributed by atoms with Gasteiger partial charge in [-0.05, 0) is 59.8 Å². The van der Waals surface area contributed by atoms with Crippen LogP contribution in [0.4, 0.5) is 4.39 Å². The van der Waals surface area contributed by atoms with Crippen molar-refractivity contribution in [2.45, 2.75) is 25.8 Å². The molecule has 1 fully saturated rings. The van der Waals surface area contributed by atoms with Crippen molar-refractivity contribution in [2.24, 2.45) is 5.92 Å². The molecule has 1 aromatic rings. The van der Waals surface area contributed by atoms with Gasteiger partial charge in [-0.1, -0.05) is 0 Å². The molecule has 1 aliphatic carbocycles. The van der Waals surface area contributed by atoms with Crippen LogP contribution in [0.25, 0.3) is 0 Å². The summed E-state index contributed by atoms with van der Waals surface area (Å²) in [6.07, 6.45) is 2.38. The SMILES string of the molecule is CC(NC(=O)c1ccc(F)c(Br)c1)C1CC1. The molecule has 1 amide bonds. The number of hydrogen-bond donors (Lipinski definition) is 1. The highest BCUT2D eigenvalue weighted by Gasteiger charge is 2.29. The molecule has 4 heteroatoms. The Morgan fingerprint density at radius 2 is 2.25 bits per heavy atom. The van der Waals surface area contributed by atoms with Crippen LogP contribution < -0.4 is 5.32 Å². The number of hydrogen-bond acceptors (Lipinski definition) is 1. The minimum atomic E-state index is -0.355. The van der Waals surface area contributed by atoms with Crippen LogP contribution in [-0.4, -0.2) is 11.9 Å². The molecule has 0 aliphatic heterocycles. The Morgan fingerprint density at radius 1 is 1.56 bits per heavy atom. The first-order valence-electron chi connectivity index (χ1n) is 5.34. The first-order chi connectivity index (χ1) is 7.58. The van der Waals surface area contributed by atoms with Crippen molar-refractivity contribution in [3.8, 4) is 0 Å². The van der Waals surface area contributed by atoms with Crippen molar-refractivity contribution in [1.82, 2.24) is 5.32 Å². The van der Waals surface area contributed by atoms with Crippen LogP contribution in [0.15, 0.2) is 22.7 Å². The van der Waals surface area contributed by atoms with E-state index in [-0.39, 0.29) is 17.8 Å². The normalized spacial score (nSPS) is 16.9. The van der Waals surface area contributed by atoms with Gasteiger partial charge in [0, 0.05) is 11.6 Å². The van der Waals surface area contributed by atoms with Crippen LogP contribution in [0.5, 0.6) is 0 Å². The van der Waals surface area contributed by atoms with E-state index in [1.807, 2.05) is 6.92 Å². The van der Waals surface area contributed by atoms with E-state index in [1.54, 1.807) is 0 Å². The second-order valence-corrected chi connectivity index (χ2v) is 5.08. The first kappa shape index (κ1) is 11.6. The summed E-state index contributed by atoms with van der Waals surface area (Å²) in [5.41, 5.74) is 0.487. The Kier molecular flexibility index (Phi) is 3.28. The molecule has 1 atom stereocenters. The van der Waals surface area contributed by atoms with Crippen molar-refractivity contribution >= 4 is 21.8 Å². The molecule has 0 aromatic heterocycles. The number of amides is 1. The summed E-state index contributed by atoms with van der Waals surface area (Å²) in [5.74, 6) is 0.125. The number of carbonyl (C=O) groups is 1. The van der Waals surface area contributed by atoms with Gasteiger partial charge >= 0.3 is 0 Å². The zero-order chi connectivity index (χ0) is 11.7. The Labute approximate surface area is 102 Å². The van der Waals surface area contributed by atoms with E-state index in [4.69, 9.17) is 0 Å². The van der Waals surface area contributed by atoms with Gasteiger partial charge in [-0.3, -0.25) is 4.79 Å². The van der Waals surface area contributed by atoms with Crippen LogP contribution in [0.2, 0.25) is 0 Å². The van der Waals surface area contributed by atoms with Crippen molar-refractivity contribution in [1.29, 1.82) is 0 Å². The topological polar surface area (TPSA) is 29.1 Å². The lowest BCUT2D eigenvalue weighted by molar-refractivity contribution is 0.0935. The van der Waals surface area contributed by atoms with Gasteiger partial charge in [0.15, 0.2) is 0 Å². The molecule has 1 N–H and O–H groups in total. The van der Waals surface area contributed by atoms with Crippen LogP contribution in [-0.2, 0) is 0 Å². The Balaban J connectivity index is 2.05. The molecule has 0 heterocycles. The third kappa shape index (κ3) is 2.61. The van der Waals surface area contributed by atoms with E-state index in [9.17, 15) is 9.18 Å². The lowest BCUT2D eigenvalue weighted by atomic mass is 10.1. The van der Waals surface area contributed by atoms with Gasteiger partial charge in [0.25, 0.3) is 5.91 Å². The van der Waals surface area contributed by atoms with Gasteiger partial charge in [0.2, 0.25) is 0 Å². The van der Waals surface area contributed by atoms with Gasteiger partial charge in [-0.25, -0.2) is 4.39 Å². The summed E-state index contributed by atoms with van der Waals surface area (Å²) in [6, 6.07) is 4.50. The molecule has 16 heavy (non-hydrogen) atoms. The highest BCUT2D eigenvalue weighted by molar-refractivity contribution is 9.10. The molecule has 86 valence electrons. The fourth-order valence-corrected chi connectivity index (χ4v) is 2.02. The van der Waals surface area contributed by atoms with Crippen molar-refractivity contribution in [3.05, 3.63) is 34.1 Å². The maximum atomic E-state index is 13.0. The molecular weight excluding hydrogens is 273 g/mol. The van der Waals surface area contributed by atoms with E-state index in [2.05, 4.69) is 21.2 Å². The molecule has 0 saturated heterocycles. The molecule has 0 bridgehead atoms. The lowest BCUT2D eigenvalue weighted by Crippen LogP contribution is -2.33. The third-order valence-corrected chi connectivity index (χ3v) is 3.48. The minimum Gasteiger partial charge on any atom is -0.349 e. The van der Waals surface area contributed by atoms with Gasteiger partial charge in [0.05, 0.1) is 4.47 Å². The molecule has 0 radical (unpaired) electrons. The first-order valence-corrected chi connectivity index (χ1v) is 6.13. The molecule has 1 saturated carbocycles. The number of halogens is 2. The maximum absolute atomic E-state index is 13.0. The van der Waals surface area contributed by atoms with Crippen LogP contribution in [0.1, 0.15) is 30.1 Å². The Morgan fingerprint density at radius 3 is 2.81 bits per heavy atom. The van der Waals surface area contributed by atoms with Crippen LogP contribution in [0, 0.1) is 11.7 Å². The zero-order valence-electron chi connectivity index (χ0n) is 8.97. The summed E-state index contributed by atoms with van der Waals surface area (Å²) < 4.78 is 13.3. The zero-order valence-corrected chi connectivity index (χ0v) is 10.6. The van der Waals surface area contributed by atoms with Crippen LogP contribution >= 0.6 is 15.9 Å². The highest BCUT2D eigenvalue weighted by atomic mass is 79.9. The van der Waals surface area contributed by atoms with E-state index < -0.39 is 0 Å². The lowest BCUT2D eigenvalue weighted by Gasteiger charge is -2.12. The van der Waals surface area contributed by atoms with E-state index >= 15 is 0 Å². The molecular formula is C12H13BrFNO. The molecule has 2 nitrogen and oxygen atoms in total. The summed E-state index contributed by atoms with van der Waals surface area (Å²) >= 11 is 3.07. The van der Waals surface area contributed by atoms with E-state index in [0.717, 1.165) is 0 Å². The summed E-state index contributed by atoms with van der Waals surface area (Å²) in [4.78, 5) is 11.8. The van der Waals surface area contributed by atoms with Gasteiger partial charge in [0.1, 0.15) is 5.82 Å². The van der Waals surface area contributed by atoms with Gasteiger partial charge in [-0.2, -0.15) is 0 Å². The highest BCUT2D eigenvalue weighted by Crippen LogP contribution is 2.32. The second-order valence-electron chi connectivity index (χ2n) is 4.23. The Bertz CT molecular complexity index is 417. The molecule has 1 aliphatic rings. The fraction of sp³-hybridized carbons (Fsp3) is 0.417. The quantitative estimate of drug-likeness (QED) is 0.908. The fourth-order valence-electron chi connectivity index (χ4n) is 1.64. The predicted octanol–water partition coefficient (Wildman–Crippen LogP) is 3.12. The van der Waals surface area contributed by atoms with Crippen LogP contribution in [0.3, 0.4) is 0 Å². The molecule has 2 rings (SSSR count). The van der Waals surface area contributed by atoms with E-state index in [1.165, 1.54) is 31.0 Å². The molecule has 0 spiro atoms. The maximum Gasteiger partial charge on any atom is 0.251 e. The number of carbonyl (C=O) groups excluding carboxylic acids is 1. The standard InChI is InChI=1S/C12H13BrFNO/c1-7(8-2-3-8)15-12(16)9-4-5-11(14)10(13)6-9/h4-8H,2-3H2,1H3,(H,15,16). The van der Waals surface area contributed by atoms with E-state index in [0.29, 0.717) is 16.0 Å². The summed E-state index contributed by atoms with van der Waals surface area (Å²) in [7, 11) is 0. The number of rotatable bonds is 3. The Hall–Kier alpha value is -0.900. The van der Waals surface area contributed by atoms with Crippen molar-refractivity contribution in [3.63, 3.8) is 0 Å². The smallest absolute Gasteiger partial charge is 0.251 e. The van der Waals surface area contributed by atoms with Crippen molar-refractivity contribution < 1.29 is 9.18 Å². The second kappa shape index (κ2) is 4.53. The molecule has 1 aromatic carbocycles. The third-order valence-electron chi connectivity index (χ3n) is 2.87. The molecule has 1 unspecified atom stereocenters.